The first-order chi connectivity index (χ1) is 12.1. The lowest BCUT2D eigenvalue weighted by Crippen LogP contribution is -2.43. The third-order valence-corrected chi connectivity index (χ3v) is 4.60. The Morgan fingerprint density at radius 1 is 1.36 bits per heavy atom. The normalized spacial score (nSPS) is 17.5. The molecule has 0 spiro atoms. The Hall–Kier alpha value is -2.50. The van der Waals surface area contributed by atoms with Gasteiger partial charge in [0, 0.05) is 30.1 Å². The number of esters is 1. The largest absolute Gasteiger partial charge is 0.497 e. The van der Waals surface area contributed by atoms with Crippen LogP contribution in [0, 0.1) is 5.92 Å². The van der Waals surface area contributed by atoms with Gasteiger partial charge in [-0.1, -0.05) is 0 Å². The summed E-state index contributed by atoms with van der Waals surface area (Å²) in [5.74, 6) is 0.296. The van der Waals surface area contributed by atoms with Gasteiger partial charge in [-0.15, -0.1) is 0 Å². The van der Waals surface area contributed by atoms with Gasteiger partial charge in [-0.2, -0.15) is 0 Å². The van der Waals surface area contributed by atoms with E-state index in [1.165, 1.54) is 0 Å². The molecule has 134 valence electrons. The van der Waals surface area contributed by atoms with Gasteiger partial charge in [-0.25, -0.2) is 0 Å². The first-order valence-corrected chi connectivity index (χ1v) is 8.61. The highest BCUT2D eigenvalue weighted by Crippen LogP contribution is 2.27. The highest BCUT2D eigenvalue weighted by molar-refractivity contribution is 5.88. The summed E-state index contributed by atoms with van der Waals surface area (Å²) in [6.07, 6.45) is 3.47. The van der Waals surface area contributed by atoms with E-state index in [4.69, 9.17) is 13.9 Å². The summed E-state index contributed by atoms with van der Waals surface area (Å²) in [5, 5.41) is 0.910. The van der Waals surface area contributed by atoms with Crippen LogP contribution in [0.1, 0.15) is 25.3 Å². The molecule has 1 atom stereocenters. The molecule has 0 radical (unpaired) electrons. The number of rotatable bonds is 5. The lowest BCUT2D eigenvalue weighted by Gasteiger charge is -2.31. The number of ether oxygens (including phenoxy) is 2. The molecular weight excluding hydrogens is 322 g/mol. The van der Waals surface area contributed by atoms with Gasteiger partial charge >= 0.3 is 5.97 Å². The smallest absolute Gasteiger partial charge is 0.310 e. The highest BCUT2D eigenvalue weighted by Gasteiger charge is 2.29. The molecule has 6 heteroatoms. The number of hydrogen-bond acceptors (Lipinski definition) is 5. The van der Waals surface area contributed by atoms with Crippen molar-refractivity contribution in [2.24, 2.45) is 5.92 Å². The molecule has 0 unspecified atom stereocenters. The number of furan rings is 1. The summed E-state index contributed by atoms with van der Waals surface area (Å²) in [7, 11) is 1.60. The fraction of sp³-hybridized carbons (Fsp3) is 0.474. The second kappa shape index (κ2) is 7.59. The van der Waals surface area contributed by atoms with E-state index in [-0.39, 0.29) is 24.2 Å². The second-order valence-electron chi connectivity index (χ2n) is 6.23. The van der Waals surface area contributed by atoms with E-state index in [1.807, 2.05) is 12.1 Å². The van der Waals surface area contributed by atoms with Gasteiger partial charge < -0.3 is 18.8 Å². The van der Waals surface area contributed by atoms with Gasteiger partial charge in [0.2, 0.25) is 5.91 Å². The van der Waals surface area contributed by atoms with Gasteiger partial charge in [0.15, 0.2) is 0 Å². The average molecular weight is 345 g/mol. The molecule has 1 amide bonds. The fourth-order valence-electron chi connectivity index (χ4n) is 3.26. The lowest BCUT2D eigenvalue weighted by atomic mass is 9.97. The number of methoxy groups -OCH3 is 1. The van der Waals surface area contributed by atoms with Crippen molar-refractivity contribution in [2.45, 2.75) is 26.2 Å². The average Bonchev–Trinajstić information content (AvgIpc) is 3.04. The predicted molar refractivity (Wildman–Crippen MR) is 92.4 cm³/mol. The van der Waals surface area contributed by atoms with Crippen LogP contribution in [0.25, 0.3) is 11.0 Å². The Morgan fingerprint density at radius 3 is 2.96 bits per heavy atom. The Bertz CT molecular complexity index is 766. The lowest BCUT2D eigenvalue weighted by molar-refractivity contribution is -0.151. The first kappa shape index (κ1) is 17.3. The highest BCUT2D eigenvalue weighted by atomic mass is 16.5. The predicted octanol–water partition coefficient (Wildman–Crippen LogP) is 2.79. The van der Waals surface area contributed by atoms with Crippen molar-refractivity contribution in [1.82, 2.24) is 4.90 Å². The van der Waals surface area contributed by atoms with Crippen LogP contribution >= 0.6 is 0 Å². The summed E-state index contributed by atoms with van der Waals surface area (Å²) in [5.41, 5.74) is 1.55. The van der Waals surface area contributed by atoms with E-state index in [1.54, 1.807) is 31.3 Å². The van der Waals surface area contributed by atoms with Crippen LogP contribution in [0.15, 0.2) is 28.9 Å². The molecule has 0 bridgehead atoms. The Kier molecular flexibility index (Phi) is 5.26. The fourth-order valence-corrected chi connectivity index (χ4v) is 3.26. The molecule has 1 aliphatic rings. The van der Waals surface area contributed by atoms with Crippen molar-refractivity contribution < 1.29 is 23.5 Å². The van der Waals surface area contributed by atoms with E-state index in [2.05, 4.69) is 0 Å². The number of benzene rings is 1. The maximum Gasteiger partial charge on any atom is 0.310 e. The van der Waals surface area contributed by atoms with E-state index in [0.29, 0.717) is 31.0 Å². The zero-order valence-corrected chi connectivity index (χ0v) is 14.6. The standard InChI is InChI=1S/C19H23NO5/c1-3-24-19(22)13-5-4-8-20(11-13)18(21)9-14-12-25-17-10-15(23-2)6-7-16(14)17/h6-7,10,12-13H,3-5,8-9,11H2,1-2H3/t13-/m1/s1. The van der Waals surface area contributed by atoms with Crippen LogP contribution in [0.4, 0.5) is 0 Å². The number of piperidine rings is 1. The number of likely N-dealkylation sites (tertiary alicyclic amines) is 1. The van der Waals surface area contributed by atoms with Crippen molar-refractivity contribution in [3.8, 4) is 5.75 Å². The van der Waals surface area contributed by atoms with Gasteiger partial charge in [0.05, 0.1) is 32.3 Å². The Balaban J connectivity index is 1.68. The summed E-state index contributed by atoms with van der Waals surface area (Å²) >= 11 is 0. The molecule has 0 aliphatic carbocycles. The molecule has 1 fully saturated rings. The summed E-state index contributed by atoms with van der Waals surface area (Å²) in [4.78, 5) is 26.4. The zero-order chi connectivity index (χ0) is 17.8. The molecule has 0 saturated carbocycles. The molecule has 2 heterocycles. The van der Waals surface area contributed by atoms with Crippen LogP contribution in [0.5, 0.6) is 5.75 Å². The molecule has 1 aromatic carbocycles. The SMILES string of the molecule is CCOC(=O)[C@@H]1CCCN(C(=O)Cc2coc3cc(OC)ccc23)C1. The van der Waals surface area contributed by atoms with Crippen LogP contribution in [0.2, 0.25) is 0 Å². The number of amides is 1. The second-order valence-corrected chi connectivity index (χ2v) is 6.23. The molecule has 6 nitrogen and oxygen atoms in total. The minimum atomic E-state index is -0.219. The third kappa shape index (κ3) is 3.78. The van der Waals surface area contributed by atoms with Gasteiger partial charge in [0.25, 0.3) is 0 Å². The molecule has 1 aliphatic heterocycles. The molecule has 1 saturated heterocycles. The Labute approximate surface area is 146 Å². The Morgan fingerprint density at radius 2 is 2.20 bits per heavy atom. The maximum atomic E-state index is 12.7. The third-order valence-electron chi connectivity index (χ3n) is 4.60. The van der Waals surface area contributed by atoms with Crippen molar-refractivity contribution in [3.05, 3.63) is 30.0 Å². The van der Waals surface area contributed by atoms with Gasteiger partial charge in [-0.3, -0.25) is 9.59 Å². The topological polar surface area (TPSA) is 69.0 Å². The minimum absolute atomic E-state index is 0.00696. The van der Waals surface area contributed by atoms with Crippen LogP contribution in [-0.4, -0.2) is 43.6 Å². The molecule has 3 rings (SSSR count). The molecule has 0 N–H and O–H groups in total. The monoisotopic (exact) mass is 345 g/mol. The molecule has 25 heavy (non-hydrogen) atoms. The summed E-state index contributed by atoms with van der Waals surface area (Å²) in [6.45, 7) is 3.27. The van der Waals surface area contributed by atoms with Crippen molar-refractivity contribution >= 4 is 22.8 Å². The van der Waals surface area contributed by atoms with E-state index < -0.39 is 0 Å². The molecule has 1 aromatic heterocycles. The first-order valence-electron chi connectivity index (χ1n) is 8.61. The maximum absolute atomic E-state index is 12.7. The summed E-state index contributed by atoms with van der Waals surface area (Å²) < 4.78 is 15.8. The van der Waals surface area contributed by atoms with E-state index >= 15 is 0 Å². The minimum Gasteiger partial charge on any atom is -0.497 e. The number of carbonyl (C=O) groups excluding carboxylic acids is 2. The van der Waals surface area contributed by atoms with Crippen molar-refractivity contribution in [3.63, 3.8) is 0 Å². The van der Waals surface area contributed by atoms with Crippen molar-refractivity contribution in [1.29, 1.82) is 0 Å². The van der Waals surface area contributed by atoms with E-state index in [9.17, 15) is 9.59 Å². The zero-order valence-electron chi connectivity index (χ0n) is 14.6. The van der Waals surface area contributed by atoms with Crippen LogP contribution < -0.4 is 4.74 Å². The van der Waals surface area contributed by atoms with Gasteiger partial charge in [0.1, 0.15) is 11.3 Å². The molecular formula is C19H23NO5. The van der Waals surface area contributed by atoms with E-state index in [0.717, 1.165) is 23.8 Å². The number of carbonyl (C=O) groups is 2. The molecule has 2 aromatic rings. The van der Waals surface area contributed by atoms with Crippen LogP contribution in [0.3, 0.4) is 0 Å². The number of nitrogens with zero attached hydrogens (tertiary/aromatic N) is 1. The van der Waals surface area contributed by atoms with Crippen LogP contribution in [-0.2, 0) is 20.7 Å². The van der Waals surface area contributed by atoms with Gasteiger partial charge in [-0.05, 0) is 31.9 Å². The summed E-state index contributed by atoms with van der Waals surface area (Å²) in [6, 6.07) is 5.56. The van der Waals surface area contributed by atoms with Crippen molar-refractivity contribution in [2.75, 3.05) is 26.8 Å². The number of fused-ring (bicyclic) bond motifs is 1. The number of hydrogen-bond donors (Lipinski definition) is 0. The quantitative estimate of drug-likeness (QED) is 0.780.